The molecule has 0 N–H and O–H groups in total. The fraction of sp³-hybridized carbons (Fsp3) is 0.429. The van der Waals surface area contributed by atoms with Crippen molar-refractivity contribution in [3.05, 3.63) is 41.7 Å². The highest BCUT2D eigenvalue weighted by Crippen LogP contribution is 2.39. The highest BCUT2D eigenvalue weighted by atomic mass is 32.2. The van der Waals surface area contributed by atoms with Crippen LogP contribution in [-0.2, 0) is 10.8 Å². The highest BCUT2D eigenvalue weighted by molar-refractivity contribution is 7.85. The minimum atomic E-state index is -1.29. The molecule has 6 heteroatoms. The Labute approximate surface area is 119 Å². The van der Waals surface area contributed by atoms with Crippen LogP contribution in [0.25, 0.3) is 0 Å². The molecule has 106 valence electrons. The molecule has 0 saturated heterocycles. The molecule has 1 aromatic heterocycles. The van der Waals surface area contributed by atoms with E-state index in [9.17, 15) is 8.60 Å². The van der Waals surface area contributed by atoms with Crippen LogP contribution in [0.1, 0.15) is 43.9 Å². The van der Waals surface area contributed by atoms with Crippen molar-refractivity contribution in [2.45, 2.75) is 42.9 Å². The molecule has 0 saturated carbocycles. The Bertz CT molecular complexity index is 641. The van der Waals surface area contributed by atoms with Gasteiger partial charge in [0.15, 0.2) is 12.0 Å². The van der Waals surface area contributed by atoms with Crippen molar-refractivity contribution >= 4 is 10.8 Å². The minimum Gasteiger partial charge on any atom is -0.251 e. The topological polar surface area (TPSA) is 47.8 Å². The summed E-state index contributed by atoms with van der Waals surface area (Å²) in [6.45, 7) is 3.67. The molecule has 3 rings (SSSR count). The average molecular weight is 293 g/mol. The second-order valence-electron chi connectivity index (χ2n) is 5.17. The summed E-state index contributed by atoms with van der Waals surface area (Å²) in [6, 6.07) is 9.51. The standard InChI is InChI=1S/C14H16FN3OS/c1-9(2)20(19)14-16-13-11(15)8-12(18(13)17-14)10-6-4-3-5-7-10/h3-7,9,11-12H,8H2,1-2H3/t11?,12?,20-/m1/s1. The van der Waals surface area contributed by atoms with E-state index >= 15 is 0 Å². The van der Waals surface area contributed by atoms with Gasteiger partial charge in [-0.1, -0.05) is 44.2 Å². The lowest BCUT2D eigenvalue weighted by atomic mass is 10.0. The fourth-order valence-corrected chi connectivity index (χ4v) is 3.18. The molecular weight excluding hydrogens is 277 g/mol. The zero-order valence-electron chi connectivity index (χ0n) is 11.4. The van der Waals surface area contributed by atoms with Crippen LogP contribution in [-0.4, -0.2) is 24.2 Å². The number of hydrogen-bond donors (Lipinski definition) is 0. The van der Waals surface area contributed by atoms with Crippen molar-refractivity contribution in [2.24, 2.45) is 0 Å². The Balaban J connectivity index is 2.00. The van der Waals surface area contributed by atoms with E-state index in [4.69, 9.17) is 0 Å². The van der Waals surface area contributed by atoms with Gasteiger partial charge in [0.1, 0.15) is 0 Å². The lowest BCUT2D eigenvalue weighted by molar-refractivity contribution is 0.327. The largest absolute Gasteiger partial charge is 0.251 e. The fourth-order valence-electron chi connectivity index (χ4n) is 2.41. The quantitative estimate of drug-likeness (QED) is 0.874. The molecular formula is C14H16FN3OS. The summed E-state index contributed by atoms with van der Waals surface area (Å²) in [4.78, 5) is 4.15. The van der Waals surface area contributed by atoms with Crippen molar-refractivity contribution in [1.29, 1.82) is 0 Å². The first-order valence-electron chi connectivity index (χ1n) is 6.64. The molecule has 0 amide bonds. The average Bonchev–Trinajstić information content (AvgIpc) is 3.00. The van der Waals surface area contributed by atoms with Gasteiger partial charge in [0.05, 0.1) is 16.8 Å². The third-order valence-corrected chi connectivity index (χ3v) is 4.83. The Kier molecular flexibility index (Phi) is 3.41. The van der Waals surface area contributed by atoms with E-state index in [1.54, 1.807) is 4.68 Å². The van der Waals surface area contributed by atoms with Crippen LogP contribution in [0.4, 0.5) is 4.39 Å². The van der Waals surface area contributed by atoms with E-state index in [0.29, 0.717) is 12.2 Å². The van der Waals surface area contributed by atoms with Crippen molar-refractivity contribution in [3.8, 4) is 0 Å². The highest BCUT2D eigenvalue weighted by Gasteiger charge is 2.36. The van der Waals surface area contributed by atoms with Gasteiger partial charge in [-0.25, -0.2) is 14.1 Å². The Morgan fingerprint density at radius 3 is 2.70 bits per heavy atom. The van der Waals surface area contributed by atoms with Gasteiger partial charge in [0, 0.05) is 11.7 Å². The van der Waals surface area contributed by atoms with Crippen LogP contribution in [0.15, 0.2) is 35.5 Å². The number of rotatable bonds is 3. The summed E-state index contributed by atoms with van der Waals surface area (Å²) >= 11 is 0. The maximum Gasteiger partial charge on any atom is 0.239 e. The summed E-state index contributed by atoms with van der Waals surface area (Å²) in [5, 5.41) is 4.44. The van der Waals surface area contributed by atoms with E-state index in [1.165, 1.54) is 0 Å². The molecule has 1 aliphatic heterocycles. The predicted octanol–water partition coefficient (Wildman–Crippen LogP) is 2.80. The maximum absolute atomic E-state index is 14.1. The van der Waals surface area contributed by atoms with E-state index < -0.39 is 17.0 Å². The van der Waals surface area contributed by atoms with Crippen molar-refractivity contribution in [1.82, 2.24) is 14.8 Å². The first kappa shape index (κ1) is 13.4. The molecule has 20 heavy (non-hydrogen) atoms. The number of aromatic nitrogens is 3. The van der Waals surface area contributed by atoms with E-state index in [2.05, 4.69) is 10.1 Å². The van der Waals surface area contributed by atoms with Crippen molar-refractivity contribution in [3.63, 3.8) is 0 Å². The lowest BCUT2D eigenvalue weighted by Crippen LogP contribution is -2.11. The zero-order valence-corrected chi connectivity index (χ0v) is 12.2. The number of halogens is 1. The molecule has 1 aromatic carbocycles. The lowest BCUT2D eigenvalue weighted by Gasteiger charge is -2.11. The first-order chi connectivity index (χ1) is 9.58. The summed E-state index contributed by atoms with van der Waals surface area (Å²) in [7, 11) is -1.29. The number of nitrogens with zero attached hydrogens (tertiary/aromatic N) is 3. The molecule has 2 aromatic rings. The minimum absolute atomic E-state index is 0.0774. The summed E-state index contributed by atoms with van der Waals surface area (Å²) < 4.78 is 27.8. The van der Waals surface area contributed by atoms with Gasteiger partial charge in [0.25, 0.3) is 0 Å². The normalized spacial score (nSPS) is 23.0. The Morgan fingerprint density at radius 2 is 2.05 bits per heavy atom. The molecule has 0 radical (unpaired) electrons. The molecule has 4 nitrogen and oxygen atoms in total. The molecule has 3 atom stereocenters. The van der Waals surface area contributed by atoms with Crippen LogP contribution >= 0.6 is 0 Å². The van der Waals surface area contributed by atoms with Gasteiger partial charge >= 0.3 is 0 Å². The predicted molar refractivity (Wildman–Crippen MR) is 74.6 cm³/mol. The molecule has 0 bridgehead atoms. The Hall–Kier alpha value is -1.56. The second kappa shape index (κ2) is 5.09. The van der Waals surface area contributed by atoms with Crippen LogP contribution < -0.4 is 0 Å². The third-order valence-electron chi connectivity index (χ3n) is 3.44. The van der Waals surface area contributed by atoms with E-state index in [1.807, 2.05) is 44.2 Å². The molecule has 2 unspecified atom stereocenters. The van der Waals surface area contributed by atoms with Gasteiger partial charge in [0.2, 0.25) is 5.16 Å². The van der Waals surface area contributed by atoms with Gasteiger partial charge in [-0.15, -0.1) is 5.10 Å². The summed E-state index contributed by atoms with van der Waals surface area (Å²) in [5.74, 6) is 0.294. The van der Waals surface area contributed by atoms with Crippen LogP contribution in [0, 0.1) is 0 Å². The van der Waals surface area contributed by atoms with Gasteiger partial charge in [-0.2, -0.15) is 0 Å². The molecule has 0 aliphatic carbocycles. The monoisotopic (exact) mass is 293 g/mol. The summed E-state index contributed by atoms with van der Waals surface area (Å²) in [5.41, 5.74) is 1.00. The smallest absolute Gasteiger partial charge is 0.239 e. The van der Waals surface area contributed by atoms with Gasteiger partial charge in [-0.05, 0) is 5.56 Å². The molecule has 0 spiro atoms. The van der Waals surface area contributed by atoms with Crippen LogP contribution in [0.3, 0.4) is 0 Å². The summed E-state index contributed by atoms with van der Waals surface area (Å²) in [6.07, 6.45) is -0.806. The SMILES string of the molecule is CC(C)[S@@](=O)c1nc2n(n1)C(c1ccccc1)CC2F. The number of hydrogen-bond acceptors (Lipinski definition) is 3. The second-order valence-corrected chi connectivity index (χ2v) is 7.08. The molecule has 1 aliphatic rings. The van der Waals surface area contributed by atoms with Crippen LogP contribution in [0.5, 0.6) is 0 Å². The van der Waals surface area contributed by atoms with E-state index in [-0.39, 0.29) is 16.4 Å². The first-order valence-corrected chi connectivity index (χ1v) is 7.85. The third kappa shape index (κ3) is 2.18. The number of alkyl halides is 1. The van der Waals surface area contributed by atoms with Crippen molar-refractivity contribution in [2.75, 3.05) is 0 Å². The van der Waals surface area contributed by atoms with E-state index in [0.717, 1.165) is 5.56 Å². The zero-order chi connectivity index (χ0) is 14.3. The van der Waals surface area contributed by atoms with Gasteiger partial charge < -0.3 is 0 Å². The van der Waals surface area contributed by atoms with Gasteiger partial charge in [-0.3, -0.25) is 4.21 Å². The van der Waals surface area contributed by atoms with Crippen LogP contribution in [0.2, 0.25) is 0 Å². The molecule has 2 heterocycles. The molecule has 0 fully saturated rings. The number of fused-ring (bicyclic) bond motifs is 1. The van der Waals surface area contributed by atoms with Crippen molar-refractivity contribution < 1.29 is 8.60 Å². The maximum atomic E-state index is 14.1. The Morgan fingerprint density at radius 1 is 1.35 bits per heavy atom. The number of benzene rings is 1.